The van der Waals surface area contributed by atoms with Crippen molar-refractivity contribution in [1.29, 1.82) is 0 Å². The number of nitrogens with zero attached hydrogens (tertiary/aromatic N) is 2. The van der Waals surface area contributed by atoms with Gasteiger partial charge in [0.25, 0.3) is 0 Å². The highest BCUT2D eigenvalue weighted by Crippen LogP contribution is 2.22. The van der Waals surface area contributed by atoms with Gasteiger partial charge in [0.15, 0.2) is 0 Å². The van der Waals surface area contributed by atoms with Crippen molar-refractivity contribution in [3.8, 4) is 0 Å². The second-order valence-electron chi connectivity index (χ2n) is 3.72. The number of hydroxylamine groups is 1. The average Bonchev–Trinajstić information content (AvgIpc) is 2.45. The van der Waals surface area contributed by atoms with E-state index in [9.17, 15) is 10.0 Å². The van der Waals surface area contributed by atoms with E-state index >= 15 is 0 Å². The molecule has 0 aliphatic carbocycles. The van der Waals surface area contributed by atoms with E-state index in [1.807, 2.05) is 0 Å². The lowest BCUT2D eigenvalue weighted by Gasteiger charge is -2.22. The summed E-state index contributed by atoms with van der Waals surface area (Å²) in [7, 11) is 0. The summed E-state index contributed by atoms with van der Waals surface area (Å²) in [6, 6.07) is 4.98. The van der Waals surface area contributed by atoms with Crippen LogP contribution < -0.4 is 10.5 Å². The van der Waals surface area contributed by atoms with Gasteiger partial charge < -0.3 is 9.29 Å². The molecule has 8 heteroatoms. The van der Waals surface area contributed by atoms with E-state index in [4.69, 9.17) is 9.29 Å². The fraction of sp³-hybridized carbons (Fsp3) is 0.250. The summed E-state index contributed by atoms with van der Waals surface area (Å²) >= 11 is 0.884. The minimum atomic E-state index is -0.710. The summed E-state index contributed by atoms with van der Waals surface area (Å²) in [6.45, 7) is 4.70. The zero-order chi connectivity index (χ0) is 15.1. The standard InChI is InChI=1S/C12H17N3O4S/c1-4-15(18)10-5-6-11(9(2)7-10)13-14(8-16)12(17)19-20-3/h4-7,13,16,18H,1,8H2,2-3H3. The first-order chi connectivity index (χ1) is 9.53. The molecule has 0 saturated carbocycles. The Bertz CT molecular complexity index is 484. The Labute approximate surface area is 121 Å². The first-order valence-electron chi connectivity index (χ1n) is 5.64. The molecular formula is C12H17N3O4S. The highest BCUT2D eigenvalue weighted by atomic mass is 32.2. The zero-order valence-corrected chi connectivity index (χ0v) is 12.1. The van der Waals surface area contributed by atoms with Crippen LogP contribution >= 0.6 is 12.0 Å². The van der Waals surface area contributed by atoms with Crippen LogP contribution in [0.1, 0.15) is 5.56 Å². The van der Waals surface area contributed by atoms with Crippen molar-refractivity contribution in [2.75, 3.05) is 23.5 Å². The molecule has 0 radical (unpaired) electrons. The molecule has 0 aromatic heterocycles. The number of aliphatic hydroxyl groups excluding tert-OH is 1. The highest BCUT2D eigenvalue weighted by Gasteiger charge is 2.15. The quantitative estimate of drug-likeness (QED) is 0.422. The largest absolute Gasteiger partial charge is 0.443 e. The van der Waals surface area contributed by atoms with Crippen LogP contribution in [0.15, 0.2) is 31.0 Å². The monoisotopic (exact) mass is 299 g/mol. The third kappa shape index (κ3) is 4.05. The fourth-order valence-electron chi connectivity index (χ4n) is 1.42. The van der Waals surface area contributed by atoms with Crippen LogP contribution in [0, 0.1) is 6.92 Å². The highest BCUT2D eigenvalue weighted by molar-refractivity contribution is 7.94. The predicted octanol–water partition coefficient (Wildman–Crippen LogP) is 2.33. The molecule has 1 rings (SSSR count). The van der Waals surface area contributed by atoms with Gasteiger partial charge in [0.1, 0.15) is 6.73 Å². The minimum absolute atomic E-state index is 0.533. The molecule has 1 aromatic carbocycles. The van der Waals surface area contributed by atoms with Crippen LogP contribution in [0.5, 0.6) is 0 Å². The van der Waals surface area contributed by atoms with Crippen molar-refractivity contribution in [2.24, 2.45) is 0 Å². The van der Waals surface area contributed by atoms with Crippen LogP contribution in [-0.2, 0) is 4.18 Å². The van der Waals surface area contributed by atoms with E-state index in [1.54, 1.807) is 31.4 Å². The number of hydrogen-bond donors (Lipinski definition) is 3. The number of anilines is 2. The number of aryl methyl sites for hydroxylation is 1. The number of rotatable bonds is 6. The van der Waals surface area contributed by atoms with Gasteiger partial charge in [-0.3, -0.25) is 10.6 Å². The molecule has 3 N–H and O–H groups in total. The number of hydrazine groups is 1. The van der Waals surface area contributed by atoms with E-state index in [0.717, 1.165) is 27.7 Å². The molecule has 110 valence electrons. The van der Waals surface area contributed by atoms with Crippen LogP contribution in [0.4, 0.5) is 16.2 Å². The van der Waals surface area contributed by atoms with Gasteiger partial charge >= 0.3 is 6.09 Å². The zero-order valence-electron chi connectivity index (χ0n) is 11.2. The van der Waals surface area contributed by atoms with E-state index < -0.39 is 12.8 Å². The number of carbonyl (C=O) groups is 1. The van der Waals surface area contributed by atoms with Crippen molar-refractivity contribution in [1.82, 2.24) is 5.01 Å². The van der Waals surface area contributed by atoms with Gasteiger partial charge in [-0.1, -0.05) is 6.58 Å². The lowest BCUT2D eigenvalue weighted by atomic mass is 10.2. The number of benzene rings is 1. The first-order valence-corrected chi connectivity index (χ1v) is 6.79. The molecule has 0 atom stereocenters. The summed E-state index contributed by atoms with van der Waals surface area (Å²) in [5.41, 5.74) is 4.63. The smallest absolute Gasteiger partial charge is 0.374 e. The normalized spacial score (nSPS) is 9.80. The van der Waals surface area contributed by atoms with Crippen LogP contribution in [0.2, 0.25) is 0 Å². The number of amides is 1. The second-order valence-corrected chi connectivity index (χ2v) is 4.22. The summed E-state index contributed by atoms with van der Waals surface area (Å²) in [5.74, 6) is 0. The number of nitrogens with one attached hydrogen (secondary N) is 1. The van der Waals surface area contributed by atoms with Gasteiger partial charge in [0.2, 0.25) is 0 Å². The molecule has 20 heavy (non-hydrogen) atoms. The van der Waals surface area contributed by atoms with Crippen molar-refractivity contribution in [2.45, 2.75) is 6.92 Å². The van der Waals surface area contributed by atoms with E-state index in [1.165, 1.54) is 6.20 Å². The summed E-state index contributed by atoms with van der Waals surface area (Å²) in [6.07, 6.45) is 2.15. The molecule has 0 fully saturated rings. The number of carbonyl (C=O) groups excluding carboxylic acids is 1. The molecule has 0 bridgehead atoms. The summed E-state index contributed by atoms with van der Waals surface area (Å²) < 4.78 is 4.71. The molecule has 1 amide bonds. The van der Waals surface area contributed by atoms with E-state index in [-0.39, 0.29) is 0 Å². The fourth-order valence-corrected chi connectivity index (χ4v) is 1.65. The minimum Gasteiger partial charge on any atom is -0.374 e. The van der Waals surface area contributed by atoms with Gasteiger partial charge in [0, 0.05) is 12.5 Å². The molecule has 0 saturated heterocycles. The van der Waals surface area contributed by atoms with Gasteiger partial charge in [0.05, 0.1) is 23.4 Å². The van der Waals surface area contributed by atoms with Crippen molar-refractivity contribution < 1.29 is 19.3 Å². The van der Waals surface area contributed by atoms with Gasteiger partial charge in [-0.2, -0.15) is 5.01 Å². The first kappa shape index (κ1) is 16.2. The van der Waals surface area contributed by atoms with E-state index in [0.29, 0.717) is 11.4 Å². The van der Waals surface area contributed by atoms with Crippen molar-refractivity contribution >= 4 is 29.5 Å². The number of aliphatic hydroxyl groups is 1. The summed E-state index contributed by atoms with van der Waals surface area (Å²) in [4.78, 5) is 11.5. The van der Waals surface area contributed by atoms with Gasteiger partial charge in [-0.25, -0.2) is 9.86 Å². The van der Waals surface area contributed by atoms with Gasteiger partial charge in [-0.15, -0.1) is 0 Å². The maximum Gasteiger partial charge on any atom is 0.443 e. The molecule has 1 aromatic rings. The molecule has 0 unspecified atom stereocenters. The maximum atomic E-state index is 11.5. The lowest BCUT2D eigenvalue weighted by molar-refractivity contribution is 0.114. The number of hydrogen-bond acceptors (Lipinski definition) is 7. The van der Waals surface area contributed by atoms with Gasteiger partial charge in [-0.05, 0) is 30.7 Å². The Hall–Kier alpha value is -1.90. The second kappa shape index (κ2) is 7.63. The molecule has 7 nitrogen and oxygen atoms in total. The topological polar surface area (TPSA) is 85.3 Å². The SMILES string of the molecule is C=CN(O)c1ccc(NN(CO)C(=O)OSC)c(C)c1. The third-order valence-electron chi connectivity index (χ3n) is 2.42. The Balaban J connectivity index is 2.86. The predicted molar refractivity (Wildman–Crippen MR) is 78.2 cm³/mol. The maximum absolute atomic E-state index is 11.5. The Morgan fingerprint density at radius 3 is 2.80 bits per heavy atom. The molecule has 0 aliphatic heterocycles. The molecule has 0 spiro atoms. The van der Waals surface area contributed by atoms with Crippen molar-refractivity contribution in [3.63, 3.8) is 0 Å². The Morgan fingerprint density at radius 2 is 2.30 bits per heavy atom. The Kier molecular flexibility index (Phi) is 6.16. The molecular weight excluding hydrogens is 282 g/mol. The van der Waals surface area contributed by atoms with Crippen LogP contribution in [0.25, 0.3) is 0 Å². The molecule has 0 aliphatic rings. The molecule has 0 heterocycles. The lowest BCUT2D eigenvalue weighted by Crippen LogP contribution is -2.36. The van der Waals surface area contributed by atoms with Crippen LogP contribution in [0.3, 0.4) is 0 Å². The summed E-state index contributed by atoms with van der Waals surface area (Å²) in [5, 5.41) is 20.4. The van der Waals surface area contributed by atoms with E-state index in [2.05, 4.69) is 12.0 Å². The Morgan fingerprint density at radius 1 is 1.60 bits per heavy atom. The van der Waals surface area contributed by atoms with Crippen LogP contribution in [-0.4, -0.2) is 34.4 Å². The third-order valence-corrected chi connectivity index (χ3v) is 2.73. The average molecular weight is 299 g/mol. The van der Waals surface area contributed by atoms with Crippen molar-refractivity contribution in [3.05, 3.63) is 36.5 Å².